The second kappa shape index (κ2) is 5.80. The molecule has 1 saturated carbocycles. The summed E-state index contributed by atoms with van der Waals surface area (Å²) in [4.78, 5) is 16.0. The minimum atomic E-state index is -2.70. The summed E-state index contributed by atoms with van der Waals surface area (Å²) in [5.41, 5.74) is 6.09. The molecule has 4 nitrogen and oxygen atoms in total. The number of hydrogen-bond donors (Lipinski definition) is 1. The van der Waals surface area contributed by atoms with Crippen molar-refractivity contribution in [3.8, 4) is 0 Å². The van der Waals surface area contributed by atoms with Crippen molar-refractivity contribution in [2.24, 2.45) is 11.7 Å². The van der Waals surface area contributed by atoms with E-state index in [2.05, 4.69) is 4.90 Å². The molecule has 1 amide bonds. The van der Waals surface area contributed by atoms with Gasteiger partial charge in [-0.3, -0.25) is 9.69 Å². The fourth-order valence-corrected chi connectivity index (χ4v) is 3.94. The number of amides is 1. The molecule has 0 bridgehead atoms. The van der Waals surface area contributed by atoms with Crippen molar-refractivity contribution in [3.63, 3.8) is 0 Å². The molecule has 2 aliphatic heterocycles. The molecule has 0 spiro atoms. The Morgan fingerprint density at radius 2 is 1.76 bits per heavy atom. The molecule has 0 aromatic carbocycles. The number of nitrogens with zero attached hydrogens (tertiary/aromatic N) is 2. The number of likely N-dealkylation sites (tertiary alicyclic amines) is 2. The van der Waals surface area contributed by atoms with Gasteiger partial charge in [0, 0.05) is 18.6 Å². The van der Waals surface area contributed by atoms with E-state index in [1.165, 1.54) is 37.0 Å². The lowest BCUT2D eigenvalue weighted by Crippen LogP contribution is -2.63. The van der Waals surface area contributed by atoms with Gasteiger partial charge in [0.25, 0.3) is 5.92 Å². The molecule has 0 radical (unpaired) electrons. The smallest absolute Gasteiger partial charge is 0.282 e. The topological polar surface area (TPSA) is 49.6 Å². The minimum Gasteiger partial charge on any atom is -0.330 e. The zero-order chi connectivity index (χ0) is 15.0. The second-order valence-corrected chi connectivity index (χ2v) is 6.90. The normalized spacial score (nSPS) is 34.5. The van der Waals surface area contributed by atoms with Crippen molar-refractivity contribution in [1.82, 2.24) is 9.80 Å². The molecule has 21 heavy (non-hydrogen) atoms. The average Bonchev–Trinajstić information content (AvgIpc) is 2.45. The van der Waals surface area contributed by atoms with Gasteiger partial charge in [-0.05, 0) is 25.8 Å². The van der Waals surface area contributed by atoms with Gasteiger partial charge in [0.2, 0.25) is 5.91 Å². The highest BCUT2D eigenvalue weighted by Crippen LogP contribution is 2.31. The number of alkyl halides is 2. The molecule has 1 aliphatic carbocycles. The first kappa shape index (κ1) is 15.2. The molecule has 2 saturated heterocycles. The molecule has 2 atom stereocenters. The van der Waals surface area contributed by atoms with Crippen LogP contribution in [0.2, 0.25) is 0 Å². The minimum absolute atomic E-state index is 0.172. The summed E-state index contributed by atoms with van der Waals surface area (Å²) in [6.45, 7) is 0.718. The Balaban J connectivity index is 1.59. The van der Waals surface area contributed by atoms with Crippen molar-refractivity contribution < 1.29 is 13.6 Å². The molecule has 3 fully saturated rings. The van der Waals surface area contributed by atoms with Crippen molar-refractivity contribution in [1.29, 1.82) is 0 Å². The molecule has 3 rings (SSSR count). The summed E-state index contributed by atoms with van der Waals surface area (Å²) in [6, 6.07) is 0.367. The quantitative estimate of drug-likeness (QED) is 0.840. The number of piperidine rings is 1. The van der Waals surface area contributed by atoms with Gasteiger partial charge >= 0.3 is 0 Å². The van der Waals surface area contributed by atoms with E-state index < -0.39 is 19.0 Å². The monoisotopic (exact) mass is 301 g/mol. The van der Waals surface area contributed by atoms with Crippen LogP contribution in [-0.2, 0) is 4.79 Å². The third kappa shape index (κ3) is 3.21. The second-order valence-electron chi connectivity index (χ2n) is 6.90. The molecule has 120 valence electrons. The summed E-state index contributed by atoms with van der Waals surface area (Å²) in [5, 5.41) is 0. The number of carbonyl (C=O) groups is 1. The highest BCUT2D eigenvalue weighted by atomic mass is 19.3. The summed E-state index contributed by atoms with van der Waals surface area (Å²) in [5.74, 6) is -3.18. The molecule has 2 N–H and O–H groups in total. The van der Waals surface area contributed by atoms with Crippen LogP contribution in [0.1, 0.15) is 38.5 Å². The van der Waals surface area contributed by atoms with Gasteiger partial charge in [-0.15, -0.1) is 0 Å². The summed E-state index contributed by atoms with van der Waals surface area (Å²) in [6.07, 6.45) is 6.98. The molecule has 0 unspecified atom stereocenters. The SMILES string of the molecule is N[C@@H]1CCN(C2CCCCC2)C[C@H]1C(=O)N1CC(F)(F)C1. The number of carbonyl (C=O) groups excluding carboxylic acids is 1. The van der Waals surface area contributed by atoms with E-state index in [1.807, 2.05) is 0 Å². The van der Waals surface area contributed by atoms with Gasteiger partial charge < -0.3 is 10.6 Å². The van der Waals surface area contributed by atoms with Crippen LogP contribution in [0.3, 0.4) is 0 Å². The molecule has 6 heteroatoms. The van der Waals surface area contributed by atoms with Gasteiger partial charge in [0.1, 0.15) is 0 Å². The Bertz CT molecular complexity index is 390. The highest BCUT2D eigenvalue weighted by Gasteiger charge is 2.49. The molecular weight excluding hydrogens is 276 g/mol. The van der Waals surface area contributed by atoms with Gasteiger partial charge in [0.15, 0.2) is 0 Å². The first-order valence-electron chi connectivity index (χ1n) is 8.12. The van der Waals surface area contributed by atoms with Crippen LogP contribution < -0.4 is 5.73 Å². The van der Waals surface area contributed by atoms with E-state index in [9.17, 15) is 13.6 Å². The van der Waals surface area contributed by atoms with Crippen molar-refractivity contribution >= 4 is 5.91 Å². The first-order chi connectivity index (χ1) is 9.96. The van der Waals surface area contributed by atoms with Crippen LogP contribution in [0.4, 0.5) is 8.78 Å². The maximum atomic E-state index is 12.9. The molecule has 0 aromatic rings. The number of halogens is 2. The predicted octanol–water partition coefficient (Wildman–Crippen LogP) is 1.45. The van der Waals surface area contributed by atoms with E-state index in [0.29, 0.717) is 12.6 Å². The lowest BCUT2D eigenvalue weighted by Gasteiger charge is -2.46. The lowest BCUT2D eigenvalue weighted by atomic mass is 9.86. The zero-order valence-corrected chi connectivity index (χ0v) is 12.4. The van der Waals surface area contributed by atoms with Crippen LogP contribution in [0.5, 0.6) is 0 Å². The number of nitrogens with two attached hydrogens (primary N) is 1. The fraction of sp³-hybridized carbons (Fsp3) is 0.933. The fourth-order valence-electron chi connectivity index (χ4n) is 3.94. The van der Waals surface area contributed by atoms with E-state index in [0.717, 1.165) is 13.0 Å². The van der Waals surface area contributed by atoms with Crippen molar-refractivity contribution in [2.45, 2.75) is 56.5 Å². The van der Waals surface area contributed by atoms with E-state index in [-0.39, 0.29) is 17.9 Å². The average molecular weight is 301 g/mol. The van der Waals surface area contributed by atoms with Crippen LogP contribution in [0.15, 0.2) is 0 Å². The number of rotatable bonds is 2. The Morgan fingerprint density at radius 3 is 2.38 bits per heavy atom. The zero-order valence-electron chi connectivity index (χ0n) is 12.4. The van der Waals surface area contributed by atoms with E-state index in [4.69, 9.17) is 5.73 Å². The van der Waals surface area contributed by atoms with Crippen LogP contribution in [-0.4, -0.2) is 59.9 Å². The first-order valence-corrected chi connectivity index (χ1v) is 8.12. The maximum Gasteiger partial charge on any atom is 0.282 e. The largest absolute Gasteiger partial charge is 0.330 e. The molecular formula is C15H25F2N3O. The molecule has 3 aliphatic rings. The lowest BCUT2D eigenvalue weighted by molar-refractivity contribution is -0.171. The Morgan fingerprint density at radius 1 is 1.10 bits per heavy atom. The van der Waals surface area contributed by atoms with Crippen LogP contribution in [0, 0.1) is 5.92 Å². The summed E-state index contributed by atoms with van der Waals surface area (Å²) in [7, 11) is 0. The van der Waals surface area contributed by atoms with Crippen LogP contribution >= 0.6 is 0 Å². The van der Waals surface area contributed by atoms with Crippen molar-refractivity contribution in [2.75, 3.05) is 26.2 Å². The standard InChI is InChI=1S/C15H25F2N3O/c16-15(17)9-20(10-15)14(21)12-8-19(7-6-13(12)18)11-4-2-1-3-5-11/h11-13H,1-10,18H2/t12-,13-/m1/s1. The van der Waals surface area contributed by atoms with E-state index >= 15 is 0 Å². The molecule has 0 aromatic heterocycles. The van der Waals surface area contributed by atoms with Gasteiger partial charge in [0.05, 0.1) is 19.0 Å². The van der Waals surface area contributed by atoms with Crippen molar-refractivity contribution in [3.05, 3.63) is 0 Å². The Kier molecular flexibility index (Phi) is 4.19. The van der Waals surface area contributed by atoms with Gasteiger partial charge in [-0.25, -0.2) is 8.78 Å². The Hall–Kier alpha value is -0.750. The third-order valence-corrected chi connectivity index (χ3v) is 5.26. The van der Waals surface area contributed by atoms with E-state index in [1.54, 1.807) is 0 Å². The third-order valence-electron chi connectivity index (χ3n) is 5.26. The summed E-state index contributed by atoms with van der Waals surface area (Å²) >= 11 is 0. The predicted molar refractivity (Wildman–Crippen MR) is 76.1 cm³/mol. The maximum absolute atomic E-state index is 12.9. The summed E-state index contributed by atoms with van der Waals surface area (Å²) < 4.78 is 25.9. The van der Waals surface area contributed by atoms with Gasteiger partial charge in [-0.2, -0.15) is 0 Å². The Labute approximate surface area is 124 Å². The van der Waals surface area contributed by atoms with Gasteiger partial charge in [-0.1, -0.05) is 19.3 Å². The number of hydrogen-bond acceptors (Lipinski definition) is 3. The highest BCUT2D eigenvalue weighted by molar-refractivity contribution is 5.81. The van der Waals surface area contributed by atoms with Crippen LogP contribution in [0.25, 0.3) is 0 Å². The molecule has 2 heterocycles.